The zero-order valence-electron chi connectivity index (χ0n) is 49.8. The highest BCUT2D eigenvalue weighted by molar-refractivity contribution is 5.96. The van der Waals surface area contributed by atoms with Gasteiger partial charge in [-0.25, -0.2) is 15.0 Å². The van der Waals surface area contributed by atoms with Crippen LogP contribution in [0.3, 0.4) is 0 Å². The summed E-state index contributed by atoms with van der Waals surface area (Å²) in [6.45, 7) is 0. The smallest absolute Gasteiger partial charge is 0.164 e. The first-order chi connectivity index (χ1) is 45.1. The van der Waals surface area contributed by atoms with E-state index < -0.39 is 5.41 Å². The first kappa shape index (κ1) is 53.3. The number of nitrogens with zero attached hydrogens (tertiary/aromatic N) is 3. The molecule has 0 saturated carbocycles. The number of fused-ring (bicyclic) bond motifs is 10. The summed E-state index contributed by atoms with van der Waals surface area (Å²) in [4.78, 5) is 16.6. The lowest BCUT2D eigenvalue weighted by atomic mass is 9.70. The van der Waals surface area contributed by atoms with Crippen LogP contribution in [0, 0.1) is 0 Å². The fourth-order valence-corrected chi connectivity index (χ4v) is 14.2. The van der Waals surface area contributed by atoms with Crippen molar-refractivity contribution in [2.45, 2.75) is 5.41 Å². The monoisotopic (exact) mass is 1160 g/mol. The molecule has 0 saturated heterocycles. The summed E-state index contributed by atoms with van der Waals surface area (Å²) in [7, 11) is 0. The van der Waals surface area contributed by atoms with Gasteiger partial charge in [0.15, 0.2) is 17.5 Å². The van der Waals surface area contributed by atoms with E-state index >= 15 is 0 Å². The zero-order chi connectivity index (χ0) is 60.2. The molecular weight excluding hydrogens is 1100 g/mol. The van der Waals surface area contributed by atoms with Crippen LogP contribution >= 0.6 is 0 Å². The van der Waals surface area contributed by atoms with Crippen molar-refractivity contribution in [2.75, 3.05) is 0 Å². The number of benzene rings is 14. The quantitative estimate of drug-likeness (QED) is 0.130. The molecule has 0 bridgehead atoms. The van der Waals surface area contributed by atoms with Gasteiger partial charge in [-0.1, -0.05) is 279 Å². The van der Waals surface area contributed by atoms with Crippen LogP contribution in [0.15, 0.2) is 346 Å². The van der Waals surface area contributed by atoms with Crippen molar-refractivity contribution < 1.29 is 0 Å². The van der Waals surface area contributed by atoms with Gasteiger partial charge in [0.05, 0.1) is 5.41 Å². The number of rotatable bonds is 11. The molecule has 2 aliphatic carbocycles. The highest BCUT2D eigenvalue weighted by Gasteiger charge is 2.51. The Kier molecular flexibility index (Phi) is 13.1. The summed E-state index contributed by atoms with van der Waals surface area (Å²) < 4.78 is 0. The maximum absolute atomic E-state index is 5.56. The third kappa shape index (κ3) is 9.51. The van der Waals surface area contributed by atoms with E-state index in [9.17, 15) is 0 Å². The lowest BCUT2D eigenvalue weighted by Gasteiger charge is -2.30. The van der Waals surface area contributed by atoms with E-state index in [4.69, 9.17) is 15.0 Å². The van der Waals surface area contributed by atoms with E-state index in [2.05, 4.69) is 346 Å². The van der Waals surface area contributed by atoms with Gasteiger partial charge >= 0.3 is 0 Å². The number of hydrogen-bond acceptors (Lipinski definition) is 3. The summed E-state index contributed by atoms with van der Waals surface area (Å²) in [5, 5.41) is 0. The first-order valence-electron chi connectivity index (χ1n) is 31.2. The predicted octanol–water partition coefficient (Wildman–Crippen LogP) is 22.6. The molecule has 424 valence electrons. The van der Waals surface area contributed by atoms with E-state index in [1.165, 1.54) is 66.8 Å². The van der Waals surface area contributed by atoms with Gasteiger partial charge in [0.1, 0.15) is 0 Å². The average Bonchev–Trinajstić information content (AvgIpc) is 1.51. The molecule has 3 heteroatoms. The number of hydrogen-bond donors (Lipinski definition) is 0. The van der Waals surface area contributed by atoms with Crippen LogP contribution in [0.25, 0.3) is 145 Å². The van der Waals surface area contributed by atoms with Crippen LogP contribution in [-0.2, 0) is 5.41 Å². The molecule has 1 heterocycles. The zero-order valence-corrected chi connectivity index (χ0v) is 49.8. The van der Waals surface area contributed by atoms with Crippen LogP contribution in [0.5, 0.6) is 0 Å². The van der Waals surface area contributed by atoms with Gasteiger partial charge in [0.2, 0.25) is 0 Å². The van der Waals surface area contributed by atoms with Gasteiger partial charge in [-0.3, -0.25) is 0 Å². The normalized spacial score (nSPS) is 12.3. The minimum Gasteiger partial charge on any atom is -0.208 e. The largest absolute Gasteiger partial charge is 0.208 e. The number of aromatic nitrogens is 3. The molecule has 17 rings (SSSR count). The average molecular weight is 1160 g/mol. The molecule has 0 atom stereocenters. The Morgan fingerprint density at radius 2 is 0.363 bits per heavy atom. The summed E-state index contributed by atoms with van der Waals surface area (Å²) in [6.07, 6.45) is 0. The Labute approximate surface area is 530 Å². The van der Waals surface area contributed by atoms with E-state index in [0.717, 1.165) is 83.5 Å². The third-order valence-corrected chi connectivity index (χ3v) is 18.5. The highest BCUT2D eigenvalue weighted by atomic mass is 15.0. The molecule has 14 aromatic carbocycles. The molecule has 2 aliphatic rings. The molecule has 0 N–H and O–H groups in total. The maximum Gasteiger partial charge on any atom is 0.164 e. The highest BCUT2D eigenvalue weighted by Crippen LogP contribution is 2.63. The SMILES string of the molecule is c1ccc(-c2cccc(-c3cc(-c4ccccc4)cc(-c4cccc(-c5nc(-c6cccc(-c7cc(-c8ccccc8)cc(-c8cccc(-c9ccccc9)c8)c7)c6)nc(-c6ccc7c(c6)C6(c8ccccc8-c8ccccc86)c6ccccc6-7)n5)c4)c3)c2)cc1. The third-order valence-electron chi connectivity index (χ3n) is 18.5. The Bertz CT molecular complexity index is 4990. The van der Waals surface area contributed by atoms with Crippen molar-refractivity contribution in [3.63, 3.8) is 0 Å². The Hall–Kier alpha value is -11.9. The maximum atomic E-state index is 5.56. The molecule has 0 amide bonds. The summed E-state index contributed by atoms with van der Waals surface area (Å²) in [5.74, 6) is 1.77. The topological polar surface area (TPSA) is 38.7 Å². The van der Waals surface area contributed by atoms with Gasteiger partial charge < -0.3 is 0 Å². The van der Waals surface area contributed by atoms with Gasteiger partial charge in [-0.15, -0.1) is 0 Å². The van der Waals surface area contributed by atoms with Gasteiger partial charge in [0.25, 0.3) is 0 Å². The standard InChI is InChI=1S/C88H57N3/c1-5-23-58(24-6-1)62-31-19-33-64(47-62)73-51-71(60-27-9-3-10-28-60)53-75(55-73)66-35-21-37-68(49-66)85-89-86(69-38-22-36-67(50-69)76-54-72(61-29-11-4-12-30-61)52-74(56-76)65-34-20-32-63(48-65)59-25-7-2-8-26-59)91-87(90-85)70-45-46-80-79-41-15-18-44-83(79)88(84(80)57-70)81-42-16-13-39-77(81)78-40-14-17-43-82(78)88/h1-57H. The second kappa shape index (κ2) is 22.4. The van der Waals surface area contributed by atoms with Crippen LogP contribution in [-0.4, -0.2) is 15.0 Å². The van der Waals surface area contributed by atoms with Crippen molar-refractivity contribution in [3.05, 3.63) is 368 Å². The molecular formula is C88H57N3. The molecule has 0 radical (unpaired) electrons. The Morgan fingerprint density at radius 3 is 0.703 bits per heavy atom. The van der Waals surface area contributed by atoms with Crippen LogP contribution in [0.4, 0.5) is 0 Å². The predicted molar refractivity (Wildman–Crippen MR) is 376 cm³/mol. The minimum absolute atomic E-state index is 0.539. The van der Waals surface area contributed by atoms with Crippen molar-refractivity contribution in [3.8, 4) is 145 Å². The Balaban J connectivity index is 0.838. The molecule has 15 aromatic rings. The van der Waals surface area contributed by atoms with Crippen molar-refractivity contribution in [1.82, 2.24) is 15.0 Å². The minimum atomic E-state index is -0.539. The molecule has 1 aromatic heterocycles. The molecule has 0 fully saturated rings. The van der Waals surface area contributed by atoms with E-state index in [1.807, 2.05) is 0 Å². The van der Waals surface area contributed by atoms with Gasteiger partial charge in [0, 0.05) is 16.7 Å². The van der Waals surface area contributed by atoms with Crippen molar-refractivity contribution in [1.29, 1.82) is 0 Å². The summed E-state index contributed by atoms with van der Waals surface area (Å²) in [5.41, 5.74) is 30.4. The summed E-state index contributed by atoms with van der Waals surface area (Å²) in [6, 6.07) is 125. The molecule has 0 unspecified atom stereocenters. The molecule has 91 heavy (non-hydrogen) atoms. The van der Waals surface area contributed by atoms with Gasteiger partial charge in [-0.05, 0) is 200 Å². The fraction of sp³-hybridized carbons (Fsp3) is 0.0114. The fourth-order valence-electron chi connectivity index (χ4n) is 14.2. The van der Waals surface area contributed by atoms with E-state index in [1.54, 1.807) is 0 Å². The summed E-state index contributed by atoms with van der Waals surface area (Å²) >= 11 is 0. The van der Waals surface area contributed by atoms with E-state index in [-0.39, 0.29) is 0 Å². The second-order valence-corrected chi connectivity index (χ2v) is 23.8. The Morgan fingerprint density at radius 1 is 0.143 bits per heavy atom. The molecule has 3 nitrogen and oxygen atoms in total. The van der Waals surface area contributed by atoms with Crippen molar-refractivity contribution >= 4 is 0 Å². The molecule has 0 aliphatic heterocycles. The van der Waals surface area contributed by atoms with Crippen LogP contribution < -0.4 is 0 Å². The van der Waals surface area contributed by atoms with Crippen LogP contribution in [0.2, 0.25) is 0 Å². The molecule has 1 spiro atoms. The lowest BCUT2D eigenvalue weighted by molar-refractivity contribution is 0.794. The van der Waals surface area contributed by atoms with Crippen molar-refractivity contribution in [2.24, 2.45) is 0 Å². The van der Waals surface area contributed by atoms with E-state index in [0.29, 0.717) is 17.5 Å². The second-order valence-electron chi connectivity index (χ2n) is 23.8. The van der Waals surface area contributed by atoms with Gasteiger partial charge in [-0.2, -0.15) is 0 Å². The lowest BCUT2D eigenvalue weighted by Crippen LogP contribution is -2.25. The van der Waals surface area contributed by atoms with Crippen LogP contribution in [0.1, 0.15) is 22.3 Å². The first-order valence-corrected chi connectivity index (χ1v) is 31.2.